The van der Waals surface area contributed by atoms with Crippen LogP contribution in [0, 0.1) is 0 Å². The van der Waals surface area contributed by atoms with Crippen molar-refractivity contribution in [2.75, 3.05) is 0 Å². The number of halogens is 2. The van der Waals surface area contributed by atoms with Gasteiger partial charge in [0.2, 0.25) is 0 Å². The Morgan fingerprint density at radius 2 is 2.00 bits per heavy atom. The number of nitrogens with zero attached hydrogens (tertiary/aromatic N) is 3. The zero-order valence-electron chi connectivity index (χ0n) is 10.6. The molecule has 0 aliphatic carbocycles. The molecule has 0 atom stereocenters. The fraction of sp³-hybridized carbons (Fsp3) is 0.385. The van der Waals surface area contributed by atoms with Crippen molar-refractivity contribution in [3.63, 3.8) is 0 Å². The van der Waals surface area contributed by atoms with E-state index in [1.165, 1.54) is 0 Å². The summed E-state index contributed by atoms with van der Waals surface area (Å²) < 4.78 is 1.69. The topological polar surface area (TPSA) is 30.7 Å². The molecule has 1 aromatic heterocycles. The van der Waals surface area contributed by atoms with Crippen LogP contribution in [0.2, 0.25) is 10.2 Å². The first-order valence-electron chi connectivity index (χ1n) is 5.82. The Morgan fingerprint density at radius 1 is 1.28 bits per heavy atom. The Bertz CT molecular complexity index is 561. The second kappa shape index (κ2) is 4.90. The minimum Gasteiger partial charge on any atom is -0.219 e. The van der Waals surface area contributed by atoms with Gasteiger partial charge in [0.15, 0.2) is 5.15 Å². The van der Waals surface area contributed by atoms with Crippen LogP contribution in [0.1, 0.15) is 32.8 Å². The lowest BCUT2D eigenvalue weighted by Crippen LogP contribution is -2.19. The number of rotatable bonds is 3. The van der Waals surface area contributed by atoms with Crippen LogP contribution in [0.4, 0.5) is 0 Å². The van der Waals surface area contributed by atoms with Gasteiger partial charge in [-0.1, -0.05) is 49.2 Å². The largest absolute Gasteiger partial charge is 0.219 e. The van der Waals surface area contributed by atoms with Crippen molar-refractivity contribution in [1.82, 2.24) is 15.0 Å². The lowest BCUT2D eigenvalue weighted by Gasteiger charge is -2.26. The van der Waals surface area contributed by atoms with Gasteiger partial charge in [0, 0.05) is 5.02 Å². The van der Waals surface area contributed by atoms with E-state index in [0.717, 1.165) is 22.7 Å². The average molecular weight is 284 g/mol. The van der Waals surface area contributed by atoms with Crippen LogP contribution < -0.4 is 0 Å². The molecule has 0 unspecified atom stereocenters. The van der Waals surface area contributed by atoms with Crippen LogP contribution >= 0.6 is 23.2 Å². The fourth-order valence-corrected chi connectivity index (χ4v) is 2.10. The predicted molar refractivity (Wildman–Crippen MR) is 74.7 cm³/mol. The van der Waals surface area contributed by atoms with Crippen molar-refractivity contribution < 1.29 is 0 Å². The summed E-state index contributed by atoms with van der Waals surface area (Å²) in [7, 11) is 0. The van der Waals surface area contributed by atoms with Crippen LogP contribution in [-0.4, -0.2) is 15.0 Å². The van der Waals surface area contributed by atoms with E-state index in [4.69, 9.17) is 23.2 Å². The monoisotopic (exact) mass is 283 g/mol. The van der Waals surface area contributed by atoms with Gasteiger partial charge in [-0.3, -0.25) is 0 Å². The first kappa shape index (κ1) is 13.4. The quantitative estimate of drug-likeness (QED) is 0.843. The molecule has 18 heavy (non-hydrogen) atoms. The van der Waals surface area contributed by atoms with E-state index in [9.17, 15) is 0 Å². The Morgan fingerprint density at radius 3 is 2.56 bits per heavy atom. The summed E-state index contributed by atoms with van der Waals surface area (Å²) in [5, 5.41) is 8.93. The van der Waals surface area contributed by atoms with E-state index in [1.54, 1.807) is 10.9 Å². The predicted octanol–water partition coefficient (Wildman–Crippen LogP) is 4.26. The van der Waals surface area contributed by atoms with Crippen LogP contribution in [0.5, 0.6) is 0 Å². The highest BCUT2D eigenvalue weighted by atomic mass is 35.5. The molecule has 1 heterocycles. The molecule has 0 saturated carbocycles. The third-order valence-corrected chi connectivity index (χ3v) is 3.69. The molecular weight excluding hydrogens is 269 g/mol. The molecule has 0 N–H and O–H groups in total. The lowest BCUT2D eigenvalue weighted by atomic mass is 9.81. The molecule has 5 heteroatoms. The van der Waals surface area contributed by atoms with Crippen molar-refractivity contribution in [2.45, 2.75) is 32.6 Å². The van der Waals surface area contributed by atoms with Crippen molar-refractivity contribution >= 4 is 23.2 Å². The second-order valence-electron chi connectivity index (χ2n) is 4.88. The molecule has 0 bridgehead atoms. The fourth-order valence-electron chi connectivity index (χ4n) is 1.80. The maximum Gasteiger partial charge on any atom is 0.171 e. The summed E-state index contributed by atoms with van der Waals surface area (Å²) in [4.78, 5) is 0. The maximum absolute atomic E-state index is 6.10. The van der Waals surface area contributed by atoms with Crippen LogP contribution in [-0.2, 0) is 5.41 Å². The molecule has 0 amide bonds. The van der Waals surface area contributed by atoms with Crippen molar-refractivity contribution in [3.8, 4) is 5.69 Å². The number of benzene rings is 1. The average Bonchev–Trinajstić information content (AvgIpc) is 2.75. The first-order valence-corrected chi connectivity index (χ1v) is 6.58. The SMILES string of the molecule is CCC(C)(C)c1cc(Cl)ccc1-n1cc(Cl)nn1. The molecule has 96 valence electrons. The van der Waals surface area contributed by atoms with E-state index in [0.29, 0.717) is 5.15 Å². The molecule has 0 aliphatic heterocycles. The van der Waals surface area contributed by atoms with Crippen molar-refractivity contribution in [1.29, 1.82) is 0 Å². The van der Waals surface area contributed by atoms with E-state index < -0.39 is 0 Å². The van der Waals surface area contributed by atoms with Crippen LogP contribution in [0.15, 0.2) is 24.4 Å². The molecule has 0 fully saturated rings. The lowest BCUT2D eigenvalue weighted by molar-refractivity contribution is 0.502. The Balaban J connectivity index is 2.61. The maximum atomic E-state index is 6.10. The zero-order chi connectivity index (χ0) is 13.3. The van der Waals surface area contributed by atoms with Crippen molar-refractivity contribution in [2.24, 2.45) is 0 Å². The number of aromatic nitrogens is 3. The van der Waals surface area contributed by atoms with Crippen LogP contribution in [0.25, 0.3) is 5.69 Å². The summed E-state index contributed by atoms with van der Waals surface area (Å²) in [5.74, 6) is 0. The van der Waals surface area contributed by atoms with Gasteiger partial charge >= 0.3 is 0 Å². The normalized spacial score (nSPS) is 11.8. The highest BCUT2D eigenvalue weighted by Gasteiger charge is 2.23. The molecular formula is C13H15Cl2N3. The summed E-state index contributed by atoms with van der Waals surface area (Å²) in [6.07, 6.45) is 2.70. The van der Waals surface area contributed by atoms with E-state index in [-0.39, 0.29) is 5.41 Å². The Kier molecular flexibility index (Phi) is 3.64. The molecule has 0 spiro atoms. The third kappa shape index (κ3) is 2.52. The summed E-state index contributed by atoms with van der Waals surface area (Å²) >= 11 is 11.9. The first-order chi connectivity index (χ1) is 8.44. The zero-order valence-corrected chi connectivity index (χ0v) is 12.1. The molecule has 0 aliphatic rings. The Hall–Kier alpha value is -1.06. The summed E-state index contributed by atoms with van der Waals surface area (Å²) in [5.41, 5.74) is 2.11. The summed E-state index contributed by atoms with van der Waals surface area (Å²) in [6.45, 7) is 6.51. The smallest absolute Gasteiger partial charge is 0.171 e. The Labute approximate surface area is 117 Å². The second-order valence-corrected chi connectivity index (χ2v) is 5.71. The van der Waals surface area contributed by atoms with E-state index in [2.05, 4.69) is 31.1 Å². The third-order valence-electron chi connectivity index (χ3n) is 3.28. The van der Waals surface area contributed by atoms with Gasteiger partial charge in [-0.05, 0) is 35.6 Å². The van der Waals surface area contributed by atoms with Gasteiger partial charge in [-0.15, -0.1) is 5.10 Å². The molecule has 0 saturated heterocycles. The molecule has 2 aromatic rings. The summed E-state index contributed by atoms with van der Waals surface area (Å²) in [6, 6.07) is 5.78. The van der Waals surface area contributed by atoms with Gasteiger partial charge in [-0.25, -0.2) is 4.68 Å². The molecule has 0 radical (unpaired) electrons. The minimum atomic E-state index is 0.0126. The van der Waals surface area contributed by atoms with Gasteiger partial charge < -0.3 is 0 Å². The minimum absolute atomic E-state index is 0.0126. The number of hydrogen-bond donors (Lipinski definition) is 0. The molecule has 1 aromatic carbocycles. The van der Waals surface area contributed by atoms with Gasteiger partial charge in [0.1, 0.15) is 0 Å². The van der Waals surface area contributed by atoms with Crippen LogP contribution in [0.3, 0.4) is 0 Å². The van der Waals surface area contributed by atoms with Crippen molar-refractivity contribution in [3.05, 3.63) is 40.1 Å². The highest BCUT2D eigenvalue weighted by molar-refractivity contribution is 6.30. The van der Waals surface area contributed by atoms with E-state index in [1.807, 2.05) is 18.2 Å². The molecule has 2 rings (SSSR count). The molecule has 3 nitrogen and oxygen atoms in total. The van der Waals surface area contributed by atoms with E-state index >= 15 is 0 Å². The van der Waals surface area contributed by atoms with Gasteiger partial charge in [0.05, 0.1) is 11.9 Å². The van der Waals surface area contributed by atoms with Gasteiger partial charge in [-0.2, -0.15) is 0 Å². The number of hydrogen-bond acceptors (Lipinski definition) is 2. The standard InChI is InChI=1S/C13H15Cl2N3/c1-4-13(2,3)10-7-9(14)5-6-11(10)18-8-12(15)16-17-18/h5-8H,4H2,1-3H3. The highest BCUT2D eigenvalue weighted by Crippen LogP contribution is 2.33. The van der Waals surface area contributed by atoms with Gasteiger partial charge in [0.25, 0.3) is 0 Å².